The number of hydrogen-bond acceptors (Lipinski definition) is 5. The molecule has 36 heavy (non-hydrogen) atoms. The third-order valence-electron chi connectivity index (χ3n) is 6.84. The van der Waals surface area contributed by atoms with Crippen LogP contribution in [-0.4, -0.2) is 39.5 Å². The highest BCUT2D eigenvalue weighted by atomic mass is 35.5. The lowest BCUT2D eigenvalue weighted by atomic mass is 9.91. The number of H-pyrrole nitrogens is 1. The Morgan fingerprint density at radius 2 is 1.89 bits per heavy atom. The second-order valence-electron chi connectivity index (χ2n) is 9.62. The molecule has 2 saturated carbocycles. The molecule has 0 radical (unpaired) electrons. The molecule has 3 aromatic rings. The Morgan fingerprint density at radius 3 is 2.56 bits per heavy atom. The topological polar surface area (TPSA) is 106 Å². The number of nitrogens with one attached hydrogen (secondary N) is 2. The molecule has 194 valence electrons. The molecule has 2 aliphatic rings. The molecule has 2 heterocycles. The lowest BCUT2D eigenvalue weighted by Gasteiger charge is -2.26. The van der Waals surface area contributed by atoms with Gasteiger partial charge >= 0.3 is 6.18 Å². The van der Waals surface area contributed by atoms with Crippen molar-refractivity contribution in [2.24, 2.45) is 11.7 Å². The Morgan fingerprint density at radius 1 is 1.17 bits per heavy atom. The monoisotopic (exact) mass is 523 g/mol. The lowest BCUT2D eigenvalue weighted by Crippen LogP contribution is -2.40. The summed E-state index contributed by atoms with van der Waals surface area (Å²) in [7, 11) is 0. The molecular weight excluding hydrogens is 495 g/mol. The summed E-state index contributed by atoms with van der Waals surface area (Å²) >= 11 is 0. The number of carbonyl (C=O) groups is 1. The zero-order valence-corrected chi connectivity index (χ0v) is 20.6. The number of nitrogens with zero attached hydrogens (tertiary/aromatic N) is 2. The Balaban J connectivity index is 0.00000304. The highest BCUT2D eigenvalue weighted by molar-refractivity contribution is 6.09. The van der Waals surface area contributed by atoms with Gasteiger partial charge in [0, 0.05) is 23.3 Å². The van der Waals surface area contributed by atoms with Crippen LogP contribution in [0.25, 0.3) is 22.3 Å². The molecule has 0 saturated heterocycles. The van der Waals surface area contributed by atoms with Gasteiger partial charge in [0.1, 0.15) is 23.3 Å². The van der Waals surface area contributed by atoms with Crippen molar-refractivity contribution in [3.8, 4) is 17.0 Å². The molecule has 2 aliphatic carbocycles. The van der Waals surface area contributed by atoms with E-state index in [1.807, 2.05) is 0 Å². The molecule has 2 aromatic heterocycles. The fraction of sp³-hybridized carbons (Fsp3) is 0.480. The molecule has 0 unspecified atom stereocenters. The van der Waals surface area contributed by atoms with E-state index in [2.05, 4.69) is 20.3 Å². The van der Waals surface area contributed by atoms with Crippen LogP contribution < -0.4 is 15.8 Å². The van der Waals surface area contributed by atoms with Crippen LogP contribution in [-0.2, 0) is 6.18 Å². The molecule has 2 fully saturated rings. The zero-order valence-electron chi connectivity index (χ0n) is 19.8. The Bertz CT molecular complexity index is 1250. The standard InChI is InChI=1S/C25H28F3N5O2.ClH/c1-13-20(24(34)33-17-7-5-16(29)6-8-17)22-23(32-13)21(30-12-31-22)18-10-15(25(26,27)28)4-9-19(18)35-11-14-2-3-14;/h4,9-10,12,14,16-17,32H,2-3,5-8,11,29H2,1H3,(H,33,34);1H/t16-,17+;. The summed E-state index contributed by atoms with van der Waals surface area (Å²) < 4.78 is 46.5. The maximum atomic E-state index is 13.5. The van der Waals surface area contributed by atoms with E-state index < -0.39 is 11.7 Å². The predicted molar refractivity (Wildman–Crippen MR) is 132 cm³/mol. The van der Waals surface area contributed by atoms with E-state index in [1.54, 1.807) is 6.92 Å². The molecule has 4 N–H and O–H groups in total. The van der Waals surface area contributed by atoms with Crippen LogP contribution in [0.5, 0.6) is 5.75 Å². The minimum Gasteiger partial charge on any atom is -0.493 e. The summed E-state index contributed by atoms with van der Waals surface area (Å²) in [5, 5.41) is 3.07. The second kappa shape index (κ2) is 10.3. The minimum atomic E-state index is -4.52. The SMILES string of the molecule is Cc1[nH]c2c(-c3cc(C(F)(F)F)ccc3OCC3CC3)ncnc2c1C(=O)N[C@H]1CC[C@@H](N)CC1.Cl. The molecule has 0 spiro atoms. The van der Waals surface area contributed by atoms with Crippen LogP contribution >= 0.6 is 12.4 Å². The van der Waals surface area contributed by atoms with E-state index in [-0.39, 0.29) is 41.7 Å². The van der Waals surface area contributed by atoms with Crippen molar-refractivity contribution in [3.63, 3.8) is 0 Å². The highest BCUT2D eigenvalue weighted by Gasteiger charge is 2.33. The summed E-state index contributed by atoms with van der Waals surface area (Å²) in [5.74, 6) is 0.475. The number of nitrogens with two attached hydrogens (primary N) is 1. The molecule has 5 rings (SSSR count). The van der Waals surface area contributed by atoms with Gasteiger partial charge < -0.3 is 20.8 Å². The van der Waals surface area contributed by atoms with E-state index >= 15 is 0 Å². The first-order chi connectivity index (χ1) is 16.7. The van der Waals surface area contributed by atoms with Gasteiger partial charge in [-0.25, -0.2) is 9.97 Å². The average Bonchev–Trinajstić information content (AvgIpc) is 3.58. The first kappa shape index (κ1) is 26.2. The number of rotatable bonds is 6. The van der Waals surface area contributed by atoms with Gasteiger partial charge in [-0.2, -0.15) is 13.2 Å². The van der Waals surface area contributed by atoms with Crippen LogP contribution in [0.3, 0.4) is 0 Å². The van der Waals surface area contributed by atoms with Gasteiger partial charge in [0.05, 0.1) is 23.3 Å². The number of halogens is 4. The molecule has 0 aliphatic heterocycles. The Labute approximate surface area is 212 Å². The van der Waals surface area contributed by atoms with Gasteiger partial charge in [-0.05, 0) is 69.6 Å². The van der Waals surface area contributed by atoms with Crippen LogP contribution in [0.15, 0.2) is 24.5 Å². The fourth-order valence-corrected chi connectivity index (χ4v) is 4.63. The minimum absolute atomic E-state index is 0. The molecule has 7 nitrogen and oxygen atoms in total. The number of carbonyl (C=O) groups excluding carboxylic acids is 1. The number of aromatic amines is 1. The summed E-state index contributed by atoms with van der Waals surface area (Å²) in [5.41, 5.74) is 7.34. The van der Waals surface area contributed by atoms with E-state index in [1.165, 1.54) is 12.4 Å². The van der Waals surface area contributed by atoms with Crippen molar-refractivity contribution in [1.82, 2.24) is 20.3 Å². The zero-order chi connectivity index (χ0) is 24.7. The number of aromatic nitrogens is 3. The van der Waals surface area contributed by atoms with E-state index in [4.69, 9.17) is 10.5 Å². The van der Waals surface area contributed by atoms with Crippen molar-refractivity contribution in [2.45, 2.75) is 63.7 Å². The number of fused-ring (bicyclic) bond motifs is 1. The van der Waals surface area contributed by atoms with Gasteiger partial charge in [-0.15, -0.1) is 12.4 Å². The largest absolute Gasteiger partial charge is 0.493 e. The lowest BCUT2D eigenvalue weighted by molar-refractivity contribution is -0.137. The number of benzene rings is 1. The first-order valence-corrected chi connectivity index (χ1v) is 11.9. The maximum absolute atomic E-state index is 13.5. The fourth-order valence-electron chi connectivity index (χ4n) is 4.63. The average molecular weight is 524 g/mol. The summed E-state index contributed by atoms with van der Waals surface area (Å²) in [6.07, 6.45) is 2.17. The van der Waals surface area contributed by atoms with Crippen LogP contribution in [0.2, 0.25) is 0 Å². The molecular formula is C25H29ClF3N5O2. The Kier molecular flexibility index (Phi) is 7.47. The van der Waals surface area contributed by atoms with Gasteiger partial charge in [-0.1, -0.05) is 0 Å². The number of amides is 1. The van der Waals surface area contributed by atoms with Crippen molar-refractivity contribution < 1.29 is 22.7 Å². The van der Waals surface area contributed by atoms with Crippen molar-refractivity contribution >= 4 is 29.3 Å². The third kappa shape index (κ3) is 5.44. The number of ether oxygens (including phenoxy) is 1. The van der Waals surface area contributed by atoms with Gasteiger partial charge in [-0.3, -0.25) is 4.79 Å². The quantitative estimate of drug-likeness (QED) is 0.414. The number of hydrogen-bond donors (Lipinski definition) is 3. The van der Waals surface area contributed by atoms with Crippen molar-refractivity contribution in [3.05, 3.63) is 41.3 Å². The molecule has 0 bridgehead atoms. The maximum Gasteiger partial charge on any atom is 0.416 e. The first-order valence-electron chi connectivity index (χ1n) is 11.9. The molecule has 1 aromatic carbocycles. The number of aryl methyl sites for hydroxylation is 1. The van der Waals surface area contributed by atoms with E-state index in [0.717, 1.165) is 50.7 Å². The molecule has 11 heteroatoms. The van der Waals surface area contributed by atoms with E-state index in [9.17, 15) is 18.0 Å². The van der Waals surface area contributed by atoms with E-state index in [0.29, 0.717) is 40.6 Å². The van der Waals surface area contributed by atoms with Crippen LogP contribution in [0.1, 0.15) is 60.1 Å². The smallest absolute Gasteiger partial charge is 0.416 e. The molecule has 0 atom stereocenters. The summed E-state index contributed by atoms with van der Waals surface area (Å²) in [4.78, 5) is 24.9. The van der Waals surface area contributed by atoms with Gasteiger partial charge in [0.2, 0.25) is 0 Å². The second-order valence-corrected chi connectivity index (χ2v) is 9.62. The van der Waals surface area contributed by atoms with Crippen molar-refractivity contribution in [2.75, 3.05) is 6.61 Å². The highest BCUT2D eigenvalue weighted by Crippen LogP contribution is 2.40. The van der Waals surface area contributed by atoms with Gasteiger partial charge in [0.25, 0.3) is 5.91 Å². The predicted octanol–water partition coefficient (Wildman–Crippen LogP) is 5.16. The third-order valence-corrected chi connectivity index (χ3v) is 6.84. The number of alkyl halides is 3. The Hall–Kier alpha value is -2.85. The van der Waals surface area contributed by atoms with Crippen molar-refractivity contribution in [1.29, 1.82) is 0 Å². The normalized spacial score (nSPS) is 20.1. The van der Waals surface area contributed by atoms with Gasteiger partial charge in [0.15, 0.2) is 0 Å². The molecule has 1 amide bonds. The van der Waals surface area contributed by atoms with Crippen LogP contribution in [0.4, 0.5) is 13.2 Å². The summed E-state index contributed by atoms with van der Waals surface area (Å²) in [6, 6.07) is 3.59. The summed E-state index contributed by atoms with van der Waals surface area (Å²) in [6.45, 7) is 2.18. The van der Waals surface area contributed by atoms with Crippen LogP contribution in [0, 0.1) is 12.8 Å².